The lowest BCUT2D eigenvalue weighted by Crippen LogP contribution is -2.31. The fourth-order valence-electron chi connectivity index (χ4n) is 3.17. The number of anilines is 2. The fraction of sp³-hybridized carbons (Fsp3) is 0.0909. The van der Waals surface area contributed by atoms with Gasteiger partial charge in [-0.2, -0.15) is 13.2 Å². The summed E-state index contributed by atoms with van der Waals surface area (Å²) in [7, 11) is 1.59. The molecule has 0 saturated carbocycles. The van der Waals surface area contributed by atoms with Gasteiger partial charge < -0.3 is 15.0 Å². The zero-order valence-electron chi connectivity index (χ0n) is 17.1. The summed E-state index contributed by atoms with van der Waals surface area (Å²) >= 11 is 0. The Hall–Kier alpha value is -4.41. The van der Waals surface area contributed by atoms with Crippen molar-refractivity contribution < 1.29 is 22.7 Å². The molecule has 2 N–H and O–H groups in total. The van der Waals surface area contributed by atoms with Crippen LogP contribution in [0, 0.1) is 0 Å². The number of amides is 2. The molecular formula is C22H16F3N5O3. The minimum atomic E-state index is -4.67. The number of hydrogen-bond donors (Lipinski definition) is 1. The summed E-state index contributed by atoms with van der Waals surface area (Å²) in [6.45, 7) is 0. The largest absolute Gasteiger partial charge is 0.457 e. The Bertz CT molecular complexity index is 1400. The molecule has 0 unspecified atom stereocenters. The van der Waals surface area contributed by atoms with Crippen molar-refractivity contribution in [2.24, 2.45) is 12.8 Å². The van der Waals surface area contributed by atoms with Crippen LogP contribution in [-0.2, 0) is 13.2 Å². The quantitative estimate of drug-likeness (QED) is 0.493. The second-order valence-corrected chi connectivity index (χ2v) is 7.01. The maximum Gasteiger partial charge on any atom is 0.433 e. The van der Waals surface area contributed by atoms with E-state index < -0.39 is 17.9 Å². The Morgan fingerprint density at radius 1 is 1.00 bits per heavy atom. The number of ether oxygens (including phenoxy) is 1. The first-order valence-electron chi connectivity index (χ1n) is 9.49. The molecule has 0 fully saturated rings. The molecule has 33 heavy (non-hydrogen) atoms. The van der Waals surface area contributed by atoms with Crippen molar-refractivity contribution in [3.63, 3.8) is 0 Å². The minimum Gasteiger partial charge on any atom is -0.457 e. The van der Waals surface area contributed by atoms with Gasteiger partial charge >= 0.3 is 12.2 Å². The third-order valence-electron chi connectivity index (χ3n) is 4.73. The van der Waals surface area contributed by atoms with Crippen molar-refractivity contribution in [1.29, 1.82) is 0 Å². The van der Waals surface area contributed by atoms with Crippen LogP contribution in [0.3, 0.4) is 0 Å². The molecule has 0 saturated heterocycles. The van der Waals surface area contributed by atoms with Crippen molar-refractivity contribution in [2.75, 3.05) is 4.90 Å². The molecule has 4 rings (SSSR count). The maximum atomic E-state index is 13.0. The second-order valence-electron chi connectivity index (χ2n) is 7.01. The molecular weight excluding hydrogens is 439 g/mol. The molecule has 0 aliphatic rings. The highest BCUT2D eigenvalue weighted by atomic mass is 19.4. The van der Waals surface area contributed by atoms with Crippen LogP contribution in [0.15, 0.2) is 71.9 Å². The number of alkyl halides is 3. The summed E-state index contributed by atoms with van der Waals surface area (Å²) in [6, 6.07) is 11.8. The van der Waals surface area contributed by atoms with Crippen molar-refractivity contribution >= 4 is 28.3 Å². The molecule has 2 amide bonds. The first-order chi connectivity index (χ1) is 15.6. The number of benzene rings is 2. The fourth-order valence-corrected chi connectivity index (χ4v) is 3.17. The summed E-state index contributed by atoms with van der Waals surface area (Å²) in [6.07, 6.45) is -2.30. The number of halogens is 3. The number of primary amides is 1. The predicted molar refractivity (Wildman–Crippen MR) is 114 cm³/mol. The number of carbonyl (C=O) groups is 1. The number of carbonyl (C=O) groups excluding carboxylic acids is 1. The Morgan fingerprint density at radius 2 is 1.70 bits per heavy atom. The molecule has 4 aromatic rings. The lowest BCUT2D eigenvalue weighted by atomic mass is 10.2. The molecule has 0 spiro atoms. The van der Waals surface area contributed by atoms with Crippen LogP contribution in [0.1, 0.15) is 5.69 Å². The van der Waals surface area contributed by atoms with Crippen LogP contribution in [0.25, 0.3) is 10.9 Å². The van der Waals surface area contributed by atoms with Crippen molar-refractivity contribution in [3.8, 4) is 11.5 Å². The topological polar surface area (TPSA) is 103 Å². The van der Waals surface area contributed by atoms with Gasteiger partial charge in [0.1, 0.15) is 17.2 Å². The van der Waals surface area contributed by atoms with E-state index in [1.807, 2.05) is 0 Å². The number of aryl methyl sites for hydroxylation is 1. The van der Waals surface area contributed by atoms with E-state index in [0.29, 0.717) is 22.4 Å². The Morgan fingerprint density at radius 3 is 2.36 bits per heavy atom. The molecule has 0 atom stereocenters. The van der Waals surface area contributed by atoms with Gasteiger partial charge in [-0.1, -0.05) is 0 Å². The number of nitrogens with zero attached hydrogens (tertiary/aromatic N) is 4. The Labute approximate surface area is 184 Å². The van der Waals surface area contributed by atoms with Gasteiger partial charge in [-0.15, -0.1) is 0 Å². The lowest BCUT2D eigenvalue weighted by molar-refractivity contribution is -0.141. The first kappa shape index (κ1) is 21.8. The summed E-state index contributed by atoms with van der Waals surface area (Å²) in [5, 5.41) is 0.382. The van der Waals surface area contributed by atoms with Gasteiger partial charge in [-0.25, -0.2) is 9.78 Å². The second kappa shape index (κ2) is 8.26. The van der Waals surface area contributed by atoms with Crippen LogP contribution in [0.2, 0.25) is 0 Å². The van der Waals surface area contributed by atoms with Crippen LogP contribution in [0.5, 0.6) is 11.5 Å². The molecule has 0 aliphatic heterocycles. The average molecular weight is 455 g/mol. The van der Waals surface area contributed by atoms with Gasteiger partial charge in [-0.05, 0) is 54.6 Å². The summed E-state index contributed by atoms with van der Waals surface area (Å²) in [5.74, 6) is 0.755. The zero-order chi connectivity index (χ0) is 23.8. The average Bonchev–Trinajstić information content (AvgIpc) is 2.77. The molecule has 0 bridgehead atoms. The summed E-state index contributed by atoms with van der Waals surface area (Å²) < 4.78 is 46.1. The van der Waals surface area contributed by atoms with E-state index in [9.17, 15) is 22.8 Å². The van der Waals surface area contributed by atoms with Crippen LogP contribution < -0.4 is 20.9 Å². The Balaban J connectivity index is 1.62. The standard InChI is InChI=1S/C22H16F3N5O3/c1-29-12-28-18-7-6-16(11-17(18)20(29)31)33-15-4-2-13(3-5-15)30(21(26)32)14-8-9-27-19(10-14)22(23,24)25/h2-12H,1H3,(H2,26,32). The third-order valence-corrected chi connectivity index (χ3v) is 4.73. The summed E-state index contributed by atoms with van der Waals surface area (Å²) in [4.78, 5) is 32.7. The SMILES string of the molecule is Cn1cnc2ccc(Oc3ccc(N(C(N)=O)c4ccnc(C(F)(F)F)c4)cc3)cc2c1=O. The predicted octanol–water partition coefficient (Wildman–Crippen LogP) is 4.36. The first-order valence-corrected chi connectivity index (χ1v) is 9.49. The van der Waals surface area contributed by atoms with E-state index >= 15 is 0 Å². The molecule has 2 aromatic carbocycles. The van der Waals surface area contributed by atoms with E-state index in [1.54, 1.807) is 25.2 Å². The molecule has 2 aromatic heterocycles. The molecule has 8 nitrogen and oxygen atoms in total. The van der Waals surface area contributed by atoms with Crippen LogP contribution in [0.4, 0.5) is 29.3 Å². The van der Waals surface area contributed by atoms with Gasteiger partial charge in [0.15, 0.2) is 0 Å². The normalized spacial score (nSPS) is 11.4. The lowest BCUT2D eigenvalue weighted by Gasteiger charge is -2.21. The van der Waals surface area contributed by atoms with Gasteiger partial charge in [0.05, 0.1) is 28.6 Å². The minimum absolute atomic E-state index is 0.0867. The number of pyridine rings is 1. The third kappa shape index (κ3) is 4.47. The number of hydrogen-bond acceptors (Lipinski definition) is 5. The van der Waals surface area contributed by atoms with Gasteiger partial charge in [0.25, 0.3) is 5.56 Å². The number of urea groups is 1. The highest BCUT2D eigenvalue weighted by molar-refractivity contribution is 5.98. The van der Waals surface area contributed by atoms with E-state index in [4.69, 9.17) is 10.5 Å². The Kier molecular flexibility index (Phi) is 5.46. The highest BCUT2D eigenvalue weighted by Crippen LogP contribution is 2.33. The van der Waals surface area contributed by atoms with E-state index in [2.05, 4.69) is 9.97 Å². The van der Waals surface area contributed by atoms with E-state index in [1.165, 1.54) is 41.2 Å². The monoisotopic (exact) mass is 455 g/mol. The molecule has 11 heteroatoms. The van der Waals surface area contributed by atoms with Gasteiger partial charge in [-0.3, -0.25) is 14.7 Å². The van der Waals surface area contributed by atoms with Crippen LogP contribution >= 0.6 is 0 Å². The number of nitrogens with two attached hydrogens (primary N) is 1. The van der Waals surface area contributed by atoms with Gasteiger partial charge in [0, 0.05) is 13.2 Å². The molecule has 2 heterocycles. The van der Waals surface area contributed by atoms with E-state index in [-0.39, 0.29) is 16.9 Å². The molecule has 0 radical (unpaired) electrons. The maximum absolute atomic E-state index is 13.0. The summed E-state index contributed by atoms with van der Waals surface area (Å²) in [5.41, 5.74) is 4.70. The van der Waals surface area contributed by atoms with Crippen molar-refractivity contribution in [1.82, 2.24) is 14.5 Å². The van der Waals surface area contributed by atoms with Crippen molar-refractivity contribution in [3.05, 3.63) is 83.2 Å². The molecule has 168 valence electrons. The highest BCUT2D eigenvalue weighted by Gasteiger charge is 2.33. The number of fused-ring (bicyclic) bond motifs is 1. The number of rotatable bonds is 4. The number of aromatic nitrogens is 3. The van der Waals surface area contributed by atoms with Gasteiger partial charge in [0.2, 0.25) is 0 Å². The molecule has 0 aliphatic carbocycles. The van der Waals surface area contributed by atoms with E-state index in [0.717, 1.165) is 17.2 Å². The smallest absolute Gasteiger partial charge is 0.433 e. The van der Waals surface area contributed by atoms with Crippen LogP contribution in [-0.4, -0.2) is 20.6 Å². The zero-order valence-corrected chi connectivity index (χ0v) is 17.1. The van der Waals surface area contributed by atoms with Crippen molar-refractivity contribution in [2.45, 2.75) is 6.18 Å².